The molecule has 4 rings (SSSR count). The Kier molecular flexibility index (Phi) is 7.05. The number of carbonyl (C=O) groups excluding carboxylic acids is 1. The second-order valence-corrected chi connectivity index (χ2v) is 13.6. The summed E-state index contributed by atoms with van der Waals surface area (Å²) in [4.78, 5) is 13.4. The Bertz CT molecular complexity index is 860. The van der Waals surface area contributed by atoms with E-state index < -0.39 is 82.3 Å². The first-order chi connectivity index (χ1) is 16.4. The van der Waals surface area contributed by atoms with Gasteiger partial charge in [0.15, 0.2) is 0 Å². The first-order valence-corrected chi connectivity index (χ1v) is 13.5. The van der Waals surface area contributed by atoms with Crippen LogP contribution in [-0.4, -0.2) is 94.5 Å². The summed E-state index contributed by atoms with van der Waals surface area (Å²) < 4.78 is 0. The van der Waals surface area contributed by atoms with Crippen molar-refractivity contribution in [3.63, 3.8) is 0 Å². The minimum absolute atomic E-state index is 0.0403. The van der Waals surface area contributed by atoms with Crippen LogP contribution in [0.25, 0.3) is 0 Å². The Morgan fingerprint density at radius 1 is 1.06 bits per heavy atom. The van der Waals surface area contributed by atoms with E-state index in [4.69, 9.17) is 0 Å². The van der Waals surface area contributed by atoms with Gasteiger partial charge in [0.05, 0.1) is 47.8 Å². The number of Topliss-reactive ketones (excluding diaryl/α,β-unsaturated/α-hetero) is 1. The Labute approximate surface area is 213 Å². The van der Waals surface area contributed by atoms with E-state index in [2.05, 4.69) is 0 Å². The normalized spacial score (nSPS) is 50.9. The molecule has 0 aliphatic heterocycles. The summed E-state index contributed by atoms with van der Waals surface area (Å²) >= 11 is 0. The van der Waals surface area contributed by atoms with E-state index in [0.29, 0.717) is 12.8 Å². The van der Waals surface area contributed by atoms with Crippen molar-refractivity contribution in [1.82, 2.24) is 0 Å². The van der Waals surface area contributed by atoms with E-state index in [1.165, 1.54) is 13.8 Å². The van der Waals surface area contributed by atoms with E-state index in [1.54, 1.807) is 0 Å². The maximum Gasteiger partial charge on any atom is 0.137 e. The molecule has 8 N–H and O–H groups in total. The minimum atomic E-state index is -1.65. The van der Waals surface area contributed by atoms with Gasteiger partial charge >= 0.3 is 0 Å². The van der Waals surface area contributed by atoms with Gasteiger partial charge in [-0.05, 0) is 76.0 Å². The third kappa shape index (κ3) is 4.01. The van der Waals surface area contributed by atoms with Gasteiger partial charge in [-0.15, -0.1) is 0 Å². The Balaban J connectivity index is 1.65. The van der Waals surface area contributed by atoms with Crippen LogP contribution in [0.1, 0.15) is 79.1 Å². The van der Waals surface area contributed by atoms with Crippen molar-refractivity contribution in [2.75, 3.05) is 6.61 Å². The standard InChI is InChI=1S/C27H46O9/c1-23(34,13-28)7-6-21(33)26(4,35)20-5-8-27(36)15-10-16(29)14-9-17(30)18(31)11-24(14,2)22(15)19(32)12-25(20,27)3/h14-15,17-22,28,30-36H,5-13H2,1-4H3/t14-,15?,17+,18-,19+,20-,21+,22-,23-,24-,25+,26+,27-/m0/s1. The van der Waals surface area contributed by atoms with E-state index >= 15 is 0 Å². The van der Waals surface area contributed by atoms with Crippen molar-refractivity contribution in [3.05, 3.63) is 0 Å². The van der Waals surface area contributed by atoms with Gasteiger partial charge in [-0.2, -0.15) is 0 Å². The highest BCUT2D eigenvalue weighted by Crippen LogP contribution is 2.69. The Hall–Kier alpha value is -0.650. The lowest BCUT2D eigenvalue weighted by Crippen LogP contribution is -2.70. The summed E-state index contributed by atoms with van der Waals surface area (Å²) in [6.07, 6.45) is -2.78. The van der Waals surface area contributed by atoms with Gasteiger partial charge in [0.25, 0.3) is 0 Å². The van der Waals surface area contributed by atoms with E-state index in [1.807, 2.05) is 13.8 Å². The number of fused-ring (bicyclic) bond motifs is 5. The largest absolute Gasteiger partial charge is 0.393 e. The van der Waals surface area contributed by atoms with Crippen LogP contribution < -0.4 is 0 Å². The fourth-order valence-corrected chi connectivity index (χ4v) is 9.13. The summed E-state index contributed by atoms with van der Waals surface area (Å²) in [6.45, 7) is 6.21. The second-order valence-electron chi connectivity index (χ2n) is 13.6. The molecule has 0 amide bonds. The smallest absolute Gasteiger partial charge is 0.137 e. The highest BCUT2D eigenvalue weighted by Gasteiger charge is 2.73. The first kappa shape index (κ1) is 28.4. The lowest BCUT2D eigenvalue weighted by molar-refractivity contribution is -0.258. The molecule has 9 heteroatoms. The lowest BCUT2D eigenvalue weighted by atomic mass is 9.41. The van der Waals surface area contributed by atoms with Crippen molar-refractivity contribution in [3.8, 4) is 0 Å². The summed E-state index contributed by atoms with van der Waals surface area (Å²) in [5.41, 5.74) is -6.17. The minimum Gasteiger partial charge on any atom is -0.393 e. The van der Waals surface area contributed by atoms with Crippen LogP contribution in [-0.2, 0) is 4.79 Å². The van der Waals surface area contributed by atoms with E-state index in [0.717, 1.165) is 0 Å². The molecule has 4 aliphatic carbocycles. The molecular weight excluding hydrogens is 468 g/mol. The zero-order valence-electron chi connectivity index (χ0n) is 22.0. The molecule has 1 unspecified atom stereocenters. The quantitative estimate of drug-likeness (QED) is 0.240. The number of aliphatic hydroxyl groups excluding tert-OH is 5. The van der Waals surface area contributed by atoms with Crippen LogP contribution >= 0.6 is 0 Å². The predicted molar refractivity (Wildman–Crippen MR) is 129 cm³/mol. The molecular formula is C27H46O9. The van der Waals surface area contributed by atoms with Gasteiger partial charge in [-0.25, -0.2) is 0 Å². The maximum absolute atomic E-state index is 13.4. The molecule has 0 spiro atoms. The monoisotopic (exact) mass is 514 g/mol. The molecule has 36 heavy (non-hydrogen) atoms. The van der Waals surface area contributed by atoms with Crippen LogP contribution in [0.5, 0.6) is 0 Å². The number of hydrogen-bond donors (Lipinski definition) is 8. The third-order valence-corrected chi connectivity index (χ3v) is 11.3. The first-order valence-electron chi connectivity index (χ1n) is 13.5. The van der Waals surface area contributed by atoms with Crippen molar-refractivity contribution >= 4 is 5.78 Å². The highest BCUT2D eigenvalue weighted by molar-refractivity contribution is 5.83. The Morgan fingerprint density at radius 2 is 1.69 bits per heavy atom. The summed E-state index contributed by atoms with van der Waals surface area (Å²) in [5.74, 6) is -2.18. The topological polar surface area (TPSA) is 179 Å². The fraction of sp³-hybridized carbons (Fsp3) is 0.963. The molecule has 4 fully saturated rings. The van der Waals surface area contributed by atoms with Gasteiger partial charge in [0.1, 0.15) is 5.78 Å². The number of aliphatic hydroxyl groups is 8. The fourth-order valence-electron chi connectivity index (χ4n) is 9.13. The predicted octanol–water partition coefficient (Wildman–Crippen LogP) is -0.123. The molecule has 0 aromatic heterocycles. The molecule has 9 nitrogen and oxygen atoms in total. The second kappa shape index (κ2) is 8.95. The van der Waals surface area contributed by atoms with Crippen LogP contribution in [0.4, 0.5) is 0 Å². The Morgan fingerprint density at radius 3 is 2.31 bits per heavy atom. The van der Waals surface area contributed by atoms with Gasteiger partial charge in [0, 0.05) is 23.7 Å². The molecule has 0 aromatic rings. The molecule has 4 aliphatic rings. The lowest BCUT2D eigenvalue weighted by Gasteiger charge is -2.65. The van der Waals surface area contributed by atoms with Crippen LogP contribution in [0, 0.1) is 34.5 Å². The molecule has 0 radical (unpaired) electrons. The van der Waals surface area contributed by atoms with Crippen LogP contribution in [0.2, 0.25) is 0 Å². The van der Waals surface area contributed by atoms with Gasteiger partial charge in [-0.1, -0.05) is 13.8 Å². The molecule has 4 saturated carbocycles. The molecule has 0 aromatic carbocycles. The number of carbonyl (C=O) groups is 1. The molecule has 208 valence electrons. The molecule has 13 atom stereocenters. The van der Waals surface area contributed by atoms with Crippen LogP contribution in [0.15, 0.2) is 0 Å². The highest BCUT2D eigenvalue weighted by atomic mass is 16.3. The SMILES string of the molecule is C[C@@](O)(CO)CC[C@@H](O)[C@](C)(O)[C@H]1CC[C@]2(O)C3CC(=O)[C@@H]4C[C@@H](O)[C@@H](O)C[C@]4(C)[C@@H]3[C@H](O)C[C@]12C. The zero-order chi connectivity index (χ0) is 27.1. The van der Waals surface area contributed by atoms with Gasteiger partial charge < -0.3 is 40.9 Å². The number of ketones is 1. The van der Waals surface area contributed by atoms with Crippen molar-refractivity contribution in [1.29, 1.82) is 0 Å². The number of rotatable bonds is 6. The van der Waals surface area contributed by atoms with Gasteiger partial charge in [0.2, 0.25) is 0 Å². The summed E-state index contributed by atoms with van der Waals surface area (Å²) in [5, 5.41) is 86.6. The summed E-state index contributed by atoms with van der Waals surface area (Å²) in [6, 6.07) is 0. The van der Waals surface area contributed by atoms with Gasteiger partial charge in [-0.3, -0.25) is 4.79 Å². The number of hydrogen-bond acceptors (Lipinski definition) is 9. The molecule has 0 saturated heterocycles. The third-order valence-electron chi connectivity index (χ3n) is 11.3. The summed E-state index contributed by atoms with van der Waals surface area (Å²) in [7, 11) is 0. The average molecular weight is 515 g/mol. The zero-order valence-corrected chi connectivity index (χ0v) is 22.0. The van der Waals surface area contributed by atoms with Crippen molar-refractivity contribution < 1.29 is 45.6 Å². The average Bonchev–Trinajstić information content (AvgIpc) is 3.05. The molecule has 0 bridgehead atoms. The molecule has 0 heterocycles. The van der Waals surface area contributed by atoms with E-state index in [9.17, 15) is 45.6 Å². The van der Waals surface area contributed by atoms with E-state index in [-0.39, 0.29) is 44.3 Å². The van der Waals surface area contributed by atoms with Crippen molar-refractivity contribution in [2.45, 2.75) is 120 Å². The van der Waals surface area contributed by atoms with Crippen molar-refractivity contribution in [2.24, 2.45) is 34.5 Å². The van der Waals surface area contributed by atoms with Crippen LogP contribution in [0.3, 0.4) is 0 Å². The maximum atomic E-state index is 13.4.